The van der Waals surface area contributed by atoms with E-state index in [1.54, 1.807) is 12.1 Å². The molecule has 0 aliphatic rings. The second-order valence-corrected chi connectivity index (χ2v) is 11.5. The number of nitrogens with one attached hydrogen (secondary N) is 1. The van der Waals surface area contributed by atoms with Gasteiger partial charge in [0.25, 0.3) is 0 Å². The van der Waals surface area contributed by atoms with Crippen LogP contribution in [0.3, 0.4) is 0 Å². The SMILES string of the molecule is O=C(O)CCNC(=O)CCCn1c(COc2ccc3ccccc3c2)c(C(=O)c2ccccc2)c2cc(OCc3ccccc3)ccc21. The number of benzene rings is 5. The molecule has 6 aromatic rings. The lowest BCUT2D eigenvalue weighted by atomic mass is 10.00. The maximum Gasteiger partial charge on any atom is 0.305 e. The maximum atomic E-state index is 14.3. The molecule has 0 fully saturated rings. The number of fused-ring (bicyclic) bond motifs is 2. The van der Waals surface area contributed by atoms with Gasteiger partial charge in [-0.25, -0.2) is 0 Å². The first-order chi connectivity index (χ1) is 23.5. The fourth-order valence-electron chi connectivity index (χ4n) is 5.81. The van der Waals surface area contributed by atoms with Crippen LogP contribution in [-0.2, 0) is 29.3 Å². The monoisotopic (exact) mass is 640 g/mol. The minimum Gasteiger partial charge on any atom is -0.489 e. The zero-order valence-electron chi connectivity index (χ0n) is 26.4. The number of rotatable bonds is 15. The Balaban J connectivity index is 1.37. The van der Waals surface area contributed by atoms with Crippen LogP contribution in [0.25, 0.3) is 21.7 Å². The van der Waals surface area contributed by atoms with Crippen molar-refractivity contribution in [3.8, 4) is 11.5 Å². The fraction of sp³-hybridized carbons (Fsp3) is 0.175. The standard InChI is InChI=1S/C40H36N2O6/c43-37(41-22-21-38(44)45)16-9-23-42-35-20-19-33(47-26-28-10-3-1-4-11-28)25-34(35)39(40(46)30-13-5-2-6-14-30)36(42)27-48-32-18-17-29-12-7-8-15-31(29)24-32/h1-8,10-15,17-20,24-25H,9,16,21-23,26-27H2,(H,41,43)(H,44,45). The predicted molar refractivity (Wildman–Crippen MR) is 185 cm³/mol. The number of hydrogen-bond acceptors (Lipinski definition) is 5. The number of carbonyl (C=O) groups is 3. The second kappa shape index (κ2) is 15.1. The molecule has 0 saturated heterocycles. The number of aromatic nitrogens is 1. The van der Waals surface area contributed by atoms with Gasteiger partial charge in [0.1, 0.15) is 24.7 Å². The van der Waals surface area contributed by atoms with E-state index in [1.165, 1.54) is 0 Å². The summed E-state index contributed by atoms with van der Waals surface area (Å²) in [4.78, 5) is 37.7. The van der Waals surface area contributed by atoms with Crippen LogP contribution in [0.4, 0.5) is 0 Å². The average molecular weight is 641 g/mol. The van der Waals surface area contributed by atoms with Crippen molar-refractivity contribution in [3.05, 3.63) is 144 Å². The van der Waals surface area contributed by atoms with Crippen LogP contribution in [0.5, 0.6) is 11.5 Å². The highest BCUT2D eigenvalue weighted by Gasteiger charge is 2.25. The molecule has 0 bridgehead atoms. The van der Waals surface area contributed by atoms with Gasteiger partial charge in [0.05, 0.1) is 17.7 Å². The van der Waals surface area contributed by atoms with E-state index in [0.717, 1.165) is 27.2 Å². The van der Waals surface area contributed by atoms with Crippen molar-refractivity contribution in [2.75, 3.05) is 6.54 Å². The van der Waals surface area contributed by atoms with Crippen molar-refractivity contribution in [2.45, 2.75) is 39.0 Å². The topological polar surface area (TPSA) is 107 Å². The smallest absolute Gasteiger partial charge is 0.305 e. The van der Waals surface area contributed by atoms with E-state index in [-0.39, 0.29) is 37.7 Å². The summed E-state index contributed by atoms with van der Waals surface area (Å²) in [5.74, 6) is -0.0198. The molecule has 0 atom stereocenters. The molecule has 5 aromatic carbocycles. The molecule has 1 amide bonds. The van der Waals surface area contributed by atoms with Gasteiger partial charge in [0.2, 0.25) is 5.91 Å². The Labute approximate surface area is 278 Å². The lowest BCUT2D eigenvalue weighted by molar-refractivity contribution is -0.136. The van der Waals surface area contributed by atoms with E-state index in [2.05, 4.69) is 9.88 Å². The van der Waals surface area contributed by atoms with E-state index in [0.29, 0.717) is 47.9 Å². The third kappa shape index (κ3) is 7.73. The van der Waals surface area contributed by atoms with Crippen molar-refractivity contribution >= 4 is 39.3 Å². The summed E-state index contributed by atoms with van der Waals surface area (Å²) in [5.41, 5.74) is 3.62. The minimum atomic E-state index is -0.965. The van der Waals surface area contributed by atoms with Crippen LogP contribution in [0.2, 0.25) is 0 Å². The molecule has 0 spiro atoms. The number of ketones is 1. The number of carbonyl (C=O) groups excluding carboxylic acids is 2. The molecular weight excluding hydrogens is 604 g/mol. The van der Waals surface area contributed by atoms with Crippen molar-refractivity contribution in [3.63, 3.8) is 0 Å². The van der Waals surface area contributed by atoms with Crippen LogP contribution in [-0.4, -0.2) is 33.9 Å². The molecule has 8 heteroatoms. The van der Waals surface area contributed by atoms with Gasteiger partial charge in [-0.15, -0.1) is 0 Å². The van der Waals surface area contributed by atoms with Gasteiger partial charge in [-0.05, 0) is 53.1 Å². The highest BCUT2D eigenvalue weighted by molar-refractivity contribution is 6.17. The summed E-state index contributed by atoms with van der Waals surface area (Å²) in [6.07, 6.45) is 0.533. The molecule has 242 valence electrons. The molecule has 0 radical (unpaired) electrons. The summed E-state index contributed by atoms with van der Waals surface area (Å²) in [5, 5.41) is 14.5. The van der Waals surface area contributed by atoms with Gasteiger partial charge < -0.3 is 24.5 Å². The van der Waals surface area contributed by atoms with E-state index >= 15 is 0 Å². The molecule has 0 unspecified atom stereocenters. The number of carboxylic acid groups (broad SMARTS) is 1. The molecule has 0 saturated carbocycles. The molecule has 0 aliphatic heterocycles. The largest absolute Gasteiger partial charge is 0.489 e. The Kier molecular flexibility index (Phi) is 10.1. The van der Waals surface area contributed by atoms with Crippen molar-refractivity contribution in [1.82, 2.24) is 9.88 Å². The Morgan fingerprint density at radius 2 is 1.35 bits per heavy atom. The number of aliphatic carboxylic acids is 1. The van der Waals surface area contributed by atoms with Gasteiger partial charge in [-0.1, -0.05) is 91.0 Å². The Morgan fingerprint density at radius 1 is 0.688 bits per heavy atom. The van der Waals surface area contributed by atoms with Crippen LogP contribution in [0.15, 0.2) is 121 Å². The highest BCUT2D eigenvalue weighted by atomic mass is 16.5. The summed E-state index contributed by atoms with van der Waals surface area (Å²) in [7, 11) is 0. The van der Waals surface area contributed by atoms with Crippen molar-refractivity contribution in [1.29, 1.82) is 0 Å². The number of carboxylic acids is 1. The first-order valence-corrected chi connectivity index (χ1v) is 16.0. The third-order valence-electron chi connectivity index (χ3n) is 8.20. The molecule has 6 rings (SSSR count). The number of hydrogen-bond donors (Lipinski definition) is 2. The van der Waals surface area contributed by atoms with Crippen LogP contribution < -0.4 is 14.8 Å². The Morgan fingerprint density at radius 3 is 2.12 bits per heavy atom. The number of aryl methyl sites for hydroxylation is 1. The second-order valence-electron chi connectivity index (χ2n) is 11.5. The van der Waals surface area contributed by atoms with E-state index in [9.17, 15) is 14.4 Å². The molecule has 0 aliphatic carbocycles. The molecule has 2 N–H and O–H groups in total. The first kappa shape index (κ1) is 32.1. The van der Waals surface area contributed by atoms with Gasteiger partial charge >= 0.3 is 5.97 Å². The average Bonchev–Trinajstić information content (AvgIpc) is 3.42. The lowest BCUT2D eigenvalue weighted by Crippen LogP contribution is -2.26. The number of nitrogens with zero attached hydrogens (tertiary/aromatic N) is 1. The molecule has 1 aromatic heterocycles. The Bertz CT molecular complexity index is 2050. The predicted octanol–water partition coefficient (Wildman–Crippen LogP) is 7.55. The zero-order valence-corrected chi connectivity index (χ0v) is 26.4. The van der Waals surface area contributed by atoms with Gasteiger partial charge in [-0.2, -0.15) is 0 Å². The fourth-order valence-corrected chi connectivity index (χ4v) is 5.81. The molecule has 48 heavy (non-hydrogen) atoms. The normalized spacial score (nSPS) is 11.0. The zero-order chi connectivity index (χ0) is 33.3. The van der Waals surface area contributed by atoms with Gasteiger partial charge in [0, 0.05) is 36.0 Å². The van der Waals surface area contributed by atoms with E-state index in [1.807, 2.05) is 109 Å². The van der Waals surface area contributed by atoms with Crippen LogP contribution >= 0.6 is 0 Å². The van der Waals surface area contributed by atoms with Gasteiger partial charge in [0.15, 0.2) is 5.78 Å². The Hall–Kier alpha value is -5.89. The quantitative estimate of drug-likeness (QED) is 0.112. The van der Waals surface area contributed by atoms with Crippen molar-refractivity contribution < 1.29 is 29.0 Å². The van der Waals surface area contributed by atoms with Crippen LogP contribution in [0.1, 0.15) is 46.4 Å². The first-order valence-electron chi connectivity index (χ1n) is 16.0. The number of ether oxygens (including phenoxy) is 2. The van der Waals surface area contributed by atoms with Crippen LogP contribution in [0, 0.1) is 0 Å². The molecule has 1 heterocycles. The van der Waals surface area contributed by atoms with Crippen molar-refractivity contribution in [2.24, 2.45) is 0 Å². The summed E-state index contributed by atoms with van der Waals surface area (Å²) >= 11 is 0. The molecule has 8 nitrogen and oxygen atoms in total. The lowest BCUT2D eigenvalue weighted by Gasteiger charge is -2.14. The van der Waals surface area contributed by atoms with Gasteiger partial charge in [-0.3, -0.25) is 14.4 Å². The summed E-state index contributed by atoms with van der Waals surface area (Å²) < 4.78 is 14.6. The summed E-state index contributed by atoms with van der Waals surface area (Å²) in [6, 6.07) is 38.8. The minimum absolute atomic E-state index is 0.0763. The highest BCUT2D eigenvalue weighted by Crippen LogP contribution is 2.33. The third-order valence-corrected chi connectivity index (χ3v) is 8.20. The summed E-state index contributed by atoms with van der Waals surface area (Å²) in [6.45, 7) is 1.01. The van der Waals surface area contributed by atoms with E-state index < -0.39 is 5.97 Å². The maximum absolute atomic E-state index is 14.3. The number of amides is 1. The van der Waals surface area contributed by atoms with E-state index in [4.69, 9.17) is 14.6 Å². The molecular formula is C40H36N2O6.